The van der Waals surface area contributed by atoms with Crippen LogP contribution in [0, 0.1) is 0 Å². The Hall–Kier alpha value is -0.190. The molecule has 86 valence electrons. The van der Waals surface area contributed by atoms with Crippen molar-refractivity contribution in [3.63, 3.8) is 0 Å². The second-order valence-electron chi connectivity index (χ2n) is 3.71. The third-order valence-electron chi connectivity index (χ3n) is 2.23. The van der Waals surface area contributed by atoms with Gasteiger partial charge in [-0.2, -0.15) is 0 Å². The maximum atomic E-state index is 12.7. The highest BCUT2D eigenvalue weighted by Gasteiger charge is 2.31. The second-order valence-corrected chi connectivity index (χ2v) is 3.71. The Bertz CT molecular complexity index is 134. The van der Waals surface area contributed by atoms with Crippen LogP contribution in [0.1, 0.15) is 51.9 Å². The molecule has 0 aromatic rings. The molecule has 1 unspecified atom stereocenters. The maximum Gasteiger partial charge on any atom is 0.308 e. The van der Waals surface area contributed by atoms with Crippen LogP contribution in [0.3, 0.4) is 0 Å². The van der Waals surface area contributed by atoms with Gasteiger partial charge in [0.25, 0.3) is 0 Å². The third kappa shape index (κ3) is 7.24. The van der Waals surface area contributed by atoms with E-state index in [1.54, 1.807) is 0 Å². The Morgan fingerprint density at radius 3 is 2.00 bits per heavy atom. The number of halogens is 1. The topological polar surface area (TPSA) is 60.7 Å². The van der Waals surface area contributed by atoms with E-state index < -0.39 is 12.1 Å². The molecule has 0 radical (unpaired) electrons. The van der Waals surface area contributed by atoms with Crippen LogP contribution >= 0.6 is 0 Å². The Morgan fingerprint density at radius 1 is 1.00 bits per heavy atom. The zero-order valence-electron chi connectivity index (χ0n) is 8.75. The molecule has 0 aliphatic heterocycles. The number of aliphatic hydroxyl groups is 3. The Balaban J connectivity index is 3.28. The lowest BCUT2D eigenvalue weighted by Gasteiger charge is -2.18. The minimum atomic E-state index is -3.16. The Kier molecular flexibility index (Phi) is 7.05. The van der Waals surface area contributed by atoms with Gasteiger partial charge >= 0.3 is 5.97 Å². The van der Waals surface area contributed by atoms with Gasteiger partial charge in [0.05, 0.1) is 0 Å². The maximum absolute atomic E-state index is 12.7. The molecular weight excluding hydrogens is 187 g/mol. The SMILES string of the molecule is CCCCCCCCC(F)C(O)(O)O. The minimum Gasteiger partial charge on any atom is -0.341 e. The van der Waals surface area contributed by atoms with Crippen molar-refractivity contribution < 1.29 is 19.7 Å². The van der Waals surface area contributed by atoms with E-state index in [0.29, 0.717) is 6.42 Å². The largest absolute Gasteiger partial charge is 0.341 e. The van der Waals surface area contributed by atoms with Crippen molar-refractivity contribution in [2.24, 2.45) is 0 Å². The summed E-state index contributed by atoms with van der Waals surface area (Å²) in [5.41, 5.74) is 0. The number of rotatable bonds is 8. The van der Waals surface area contributed by atoms with Gasteiger partial charge in [-0.15, -0.1) is 0 Å². The highest BCUT2D eigenvalue weighted by molar-refractivity contribution is 4.63. The molecule has 4 heteroatoms. The second kappa shape index (κ2) is 7.15. The third-order valence-corrected chi connectivity index (χ3v) is 2.23. The highest BCUT2D eigenvalue weighted by Crippen LogP contribution is 2.16. The van der Waals surface area contributed by atoms with E-state index in [2.05, 4.69) is 6.92 Å². The smallest absolute Gasteiger partial charge is 0.308 e. The fraction of sp³-hybridized carbons (Fsp3) is 1.00. The van der Waals surface area contributed by atoms with Crippen molar-refractivity contribution in [2.45, 2.75) is 64.0 Å². The fourth-order valence-electron chi connectivity index (χ4n) is 1.30. The van der Waals surface area contributed by atoms with Gasteiger partial charge in [-0.05, 0) is 6.42 Å². The number of unbranched alkanes of at least 4 members (excludes halogenated alkanes) is 5. The van der Waals surface area contributed by atoms with Gasteiger partial charge in [-0.1, -0.05) is 45.4 Å². The van der Waals surface area contributed by atoms with Crippen molar-refractivity contribution in [1.29, 1.82) is 0 Å². The van der Waals surface area contributed by atoms with Gasteiger partial charge in [0.2, 0.25) is 0 Å². The molecule has 0 rings (SSSR count). The standard InChI is InChI=1S/C10H21FO3/c1-2-3-4-5-6-7-8-9(11)10(12,13)14/h9,12-14H,2-8H2,1H3. The molecule has 0 bridgehead atoms. The zero-order valence-corrected chi connectivity index (χ0v) is 8.75. The van der Waals surface area contributed by atoms with Gasteiger partial charge in [-0.25, -0.2) is 4.39 Å². The first kappa shape index (κ1) is 13.8. The summed E-state index contributed by atoms with van der Waals surface area (Å²) in [4.78, 5) is 0. The number of hydrogen-bond donors (Lipinski definition) is 3. The van der Waals surface area contributed by atoms with E-state index in [1.165, 1.54) is 12.8 Å². The molecule has 0 saturated carbocycles. The summed E-state index contributed by atoms with van der Waals surface area (Å²) >= 11 is 0. The normalized spacial score (nSPS) is 14.4. The average Bonchev–Trinajstić information content (AvgIpc) is 2.09. The van der Waals surface area contributed by atoms with Crippen LogP contribution in [0.2, 0.25) is 0 Å². The van der Waals surface area contributed by atoms with Crippen molar-refractivity contribution in [3.05, 3.63) is 0 Å². The monoisotopic (exact) mass is 208 g/mol. The van der Waals surface area contributed by atoms with Crippen LogP contribution in [-0.4, -0.2) is 27.5 Å². The van der Waals surface area contributed by atoms with Gasteiger partial charge in [-0.3, -0.25) is 0 Å². The summed E-state index contributed by atoms with van der Waals surface area (Å²) in [6.45, 7) is 2.12. The van der Waals surface area contributed by atoms with E-state index in [-0.39, 0.29) is 6.42 Å². The van der Waals surface area contributed by atoms with Crippen molar-refractivity contribution in [2.75, 3.05) is 0 Å². The summed E-state index contributed by atoms with van der Waals surface area (Å²) < 4.78 is 12.7. The van der Waals surface area contributed by atoms with Crippen LogP contribution in [0.25, 0.3) is 0 Å². The van der Waals surface area contributed by atoms with Gasteiger partial charge < -0.3 is 15.3 Å². The molecule has 3 nitrogen and oxygen atoms in total. The fourth-order valence-corrected chi connectivity index (χ4v) is 1.30. The summed E-state index contributed by atoms with van der Waals surface area (Å²) in [5.74, 6) is -3.16. The zero-order chi connectivity index (χ0) is 11.0. The van der Waals surface area contributed by atoms with Crippen LogP contribution in [0.4, 0.5) is 4.39 Å². The lowest BCUT2D eigenvalue weighted by Crippen LogP contribution is -2.38. The molecule has 0 aliphatic carbocycles. The van der Waals surface area contributed by atoms with Crippen LogP contribution in [-0.2, 0) is 0 Å². The van der Waals surface area contributed by atoms with Crippen LogP contribution in [0.5, 0.6) is 0 Å². The van der Waals surface area contributed by atoms with E-state index >= 15 is 0 Å². The van der Waals surface area contributed by atoms with Crippen molar-refractivity contribution in [3.8, 4) is 0 Å². The first-order chi connectivity index (χ1) is 6.48. The van der Waals surface area contributed by atoms with E-state index in [9.17, 15) is 4.39 Å². The van der Waals surface area contributed by atoms with Gasteiger partial charge in [0.15, 0.2) is 6.17 Å². The minimum absolute atomic E-state index is 0.00434. The molecular formula is C10H21FO3. The molecule has 0 heterocycles. The lowest BCUT2D eigenvalue weighted by atomic mass is 10.1. The first-order valence-electron chi connectivity index (χ1n) is 5.29. The first-order valence-corrected chi connectivity index (χ1v) is 5.29. The number of alkyl halides is 1. The number of hydrogen-bond acceptors (Lipinski definition) is 3. The van der Waals surface area contributed by atoms with E-state index in [4.69, 9.17) is 15.3 Å². The summed E-state index contributed by atoms with van der Waals surface area (Å²) in [7, 11) is 0. The van der Waals surface area contributed by atoms with E-state index in [0.717, 1.165) is 19.3 Å². The molecule has 0 spiro atoms. The Labute approximate surface area is 84.6 Å². The molecule has 0 fully saturated rings. The van der Waals surface area contributed by atoms with Crippen molar-refractivity contribution >= 4 is 0 Å². The molecule has 14 heavy (non-hydrogen) atoms. The lowest BCUT2D eigenvalue weighted by molar-refractivity contribution is -0.342. The predicted octanol–water partition coefficient (Wildman–Crippen LogP) is 1.71. The molecule has 0 aromatic heterocycles. The molecule has 0 amide bonds. The summed E-state index contributed by atoms with van der Waals surface area (Å²) in [6.07, 6.45) is 4.00. The molecule has 0 aliphatic rings. The Morgan fingerprint density at radius 2 is 1.50 bits per heavy atom. The van der Waals surface area contributed by atoms with Gasteiger partial charge in [0, 0.05) is 0 Å². The quantitative estimate of drug-likeness (QED) is 0.420. The molecule has 1 atom stereocenters. The predicted molar refractivity (Wildman–Crippen MR) is 52.3 cm³/mol. The average molecular weight is 208 g/mol. The summed E-state index contributed by atoms with van der Waals surface area (Å²) in [5, 5.41) is 25.4. The highest BCUT2D eigenvalue weighted by atomic mass is 19.1. The van der Waals surface area contributed by atoms with Crippen molar-refractivity contribution in [1.82, 2.24) is 0 Å². The molecule has 3 N–H and O–H groups in total. The van der Waals surface area contributed by atoms with E-state index in [1.807, 2.05) is 0 Å². The van der Waals surface area contributed by atoms with Crippen LogP contribution < -0.4 is 0 Å². The molecule has 0 saturated heterocycles. The van der Waals surface area contributed by atoms with Gasteiger partial charge in [0.1, 0.15) is 0 Å². The molecule has 0 aromatic carbocycles. The summed E-state index contributed by atoms with van der Waals surface area (Å²) in [6, 6.07) is 0. The van der Waals surface area contributed by atoms with Crippen LogP contribution in [0.15, 0.2) is 0 Å².